The van der Waals surface area contributed by atoms with Gasteiger partial charge in [-0.05, 0) is 0 Å². The van der Waals surface area contributed by atoms with E-state index >= 15 is 0 Å². The van der Waals surface area contributed by atoms with Crippen molar-refractivity contribution in [1.82, 2.24) is 9.84 Å². The standard InChI is InChI=1S/C3H6N2OS/c6-3-5-1-2-7-4-5/h3-4H,1-2H2. The van der Waals surface area contributed by atoms with E-state index in [1.807, 2.05) is 0 Å². The number of carbonyl (C=O) groups is 1. The largest absolute Gasteiger partial charge is 0.277 e. The summed E-state index contributed by atoms with van der Waals surface area (Å²) in [7, 11) is 0. The molecule has 1 aliphatic rings. The first-order chi connectivity index (χ1) is 3.43. The molecule has 0 aromatic rings. The molecule has 4 heteroatoms. The van der Waals surface area contributed by atoms with Crippen LogP contribution in [-0.4, -0.2) is 23.7 Å². The van der Waals surface area contributed by atoms with Crippen LogP contribution in [0, 0.1) is 0 Å². The van der Waals surface area contributed by atoms with Gasteiger partial charge in [-0.1, -0.05) is 11.9 Å². The normalized spacial score (nSPS) is 20.3. The molecule has 1 N–H and O–H groups in total. The highest BCUT2D eigenvalue weighted by Gasteiger charge is 2.06. The van der Waals surface area contributed by atoms with Crippen molar-refractivity contribution in [3.63, 3.8) is 0 Å². The number of hydrogen-bond donors (Lipinski definition) is 1. The highest BCUT2D eigenvalue weighted by atomic mass is 32.2. The fraction of sp³-hybridized carbons (Fsp3) is 0.667. The lowest BCUT2D eigenvalue weighted by Crippen LogP contribution is -2.25. The molecule has 0 radical (unpaired) electrons. The molecule has 1 rings (SSSR count). The second-order valence-electron chi connectivity index (χ2n) is 1.24. The Morgan fingerprint density at radius 2 is 2.71 bits per heavy atom. The predicted molar refractivity (Wildman–Crippen MR) is 28.4 cm³/mol. The minimum absolute atomic E-state index is 0.792. The topological polar surface area (TPSA) is 32.3 Å². The van der Waals surface area contributed by atoms with Crippen LogP contribution >= 0.6 is 11.9 Å². The smallest absolute Gasteiger partial charge is 0.224 e. The first-order valence-corrected chi connectivity index (χ1v) is 3.01. The van der Waals surface area contributed by atoms with Gasteiger partial charge in [0.2, 0.25) is 6.41 Å². The molecule has 1 amide bonds. The Labute approximate surface area is 46.2 Å². The summed E-state index contributed by atoms with van der Waals surface area (Å²) in [6, 6.07) is 0. The Balaban J connectivity index is 2.26. The van der Waals surface area contributed by atoms with E-state index in [1.54, 1.807) is 11.9 Å². The first-order valence-electron chi connectivity index (χ1n) is 2.03. The van der Waals surface area contributed by atoms with Gasteiger partial charge in [-0.2, -0.15) is 4.83 Å². The maximum Gasteiger partial charge on any atom is 0.224 e. The Kier molecular flexibility index (Phi) is 1.54. The Morgan fingerprint density at radius 3 is 3.00 bits per heavy atom. The van der Waals surface area contributed by atoms with E-state index in [4.69, 9.17) is 0 Å². The average Bonchev–Trinajstić information content (AvgIpc) is 2.14. The van der Waals surface area contributed by atoms with Crippen molar-refractivity contribution >= 4 is 18.4 Å². The Bertz CT molecular complexity index is 71.3. The second kappa shape index (κ2) is 2.18. The summed E-state index contributed by atoms with van der Waals surface area (Å²) in [6.45, 7) is 0.828. The molecule has 0 atom stereocenters. The maximum atomic E-state index is 9.86. The van der Waals surface area contributed by atoms with Gasteiger partial charge in [-0.25, -0.2) is 0 Å². The van der Waals surface area contributed by atoms with Gasteiger partial charge in [0, 0.05) is 12.3 Å². The van der Waals surface area contributed by atoms with E-state index in [2.05, 4.69) is 4.83 Å². The second-order valence-corrected chi connectivity index (χ2v) is 2.12. The van der Waals surface area contributed by atoms with Gasteiger partial charge < -0.3 is 0 Å². The quantitative estimate of drug-likeness (QED) is 0.376. The van der Waals surface area contributed by atoms with Gasteiger partial charge in [0.1, 0.15) is 0 Å². The molecular formula is C3H6N2OS. The van der Waals surface area contributed by atoms with Crippen molar-refractivity contribution in [3.8, 4) is 0 Å². The van der Waals surface area contributed by atoms with Crippen molar-refractivity contribution in [2.24, 2.45) is 0 Å². The third-order valence-electron chi connectivity index (χ3n) is 0.743. The highest BCUT2D eigenvalue weighted by Crippen LogP contribution is 2.01. The lowest BCUT2D eigenvalue weighted by Gasteiger charge is -2.02. The Hall–Kier alpha value is -0.220. The van der Waals surface area contributed by atoms with Crippen LogP contribution in [0.1, 0.15) is 0 Å². The van der Waals surface area contributed by atoms with E-state index < -0.39 is 0 Å². The number of nitrogens with zero attached hydrogens (tertiary/aromatic N) is 1. The molecule has 0 saturated carbocycles. The number of nitrogens with one attached hydrogen (secondary N) is 1. The van der Waals surface area contributed by atoms with Crippen LogP contribution in [0.3, 0.4) is 0 Å². The van der Waals surface area contributed by atoms with Crippen molar-refractivity contribution in [2.45, 2.75) is 0 Å². The van der Waals surface area contributed by atoms with Crippen molar-refractivity contribution in [2.75, 3.05) is 12.3 Å². The van der Waals surface area contributed by atoms with Gasteiger partial charge in [-0.3, -0.25) is 9.80 Å². The molecule has 0 bridgehead atoms. The van der Waals surface area contributed by atoms with Crippen LogP contribution in [0.5, 0.6) is 0 Å². The molecular weight excluding hydrogens is 112 g/mol. The molecule has 1 saturated heterocycles. The van der Waals surface area contributed by atoms with Gasteiger partial charge in [0.15, 0.2) is 0 Å². The van der Waals surface area contributed by atoms with Gasteiger partial charge in [0.05, 0.1) is 0 Å². The van der Waals surface area contributed by atoms with E-state index in [9.17, 15) is 4.79 Å². The van der Waals surface area contributed by atoms with Gasteiger partial charge >= 0.3 is 0 Å². The maximum absolute atomic E-state index is 9.86. The number of hydrogen-bond acceptors (Lipinski definition) is 3. The third-order valence-corrected chi connectivity index (χ3v) is 1.49. The number of rotatable bonds is 1. The Morgan fingerprint density at radius 1 is 1.86 bits per heavy atom. The zero-order chi connectivity index (χ0) is 5.11. The van der Waals surface area contributed by atoms with E-state index in [-0.39, 0.29) is 0 Å². The fourth-order valence-electron chi connectivity index (χ4n) is 0.392. The summed E-state index contributed by atoms with van der Waals surface area (Å²) in [6.07, 6.45) is 0.792. The van der Waals surface area contributed by atoms with Crippen molar-refractivity contribution < 1.29 is 4.79 Å². The monoisotopic (exact) mass is 118 g/mol. The van der Waals surface area contributed by atoms with Crippen LogP contribution in [0.4, 0.5) is 0 Å². The average molecular weight is 118 g/mol. The zero-order valence-corrected chi connectivity index (χ0v) is 4.57. The third kappa shape index (κ3) is 1.07. The minimum Gasteiger partial charge on any atom is -0.277 e. The lowest BCUT2D eigenvalue weighted by atomic mass is 10.7. The van der Waals surface area contributed by atoms with E-state index in [1.165, 1.54) is 5.01 Å². The molecule has 0 spiro atoms. The number of hydrazine groups is 1. The first kappa shape index (κ1) is 4.93. The van der Waals surface area contributed by atoms with Crippen LogP contribution in [-0.2, 0) is 4.79 Å². The molecule has 3 nitrogen and oxygen atoms in total. The van der Waals surface area contributed by atoms with Crippen LogP contribution < -0.4 is 4.83 Å². The zero-order valence-electron chi connectivity index (χ0n) is 3.76. The van der Waals surface area contributed by atoms with E-state index in [0.717, 1.165) is 18.7 Å². The van der Waals surface area contributed by atoms with Crippen molar-refractivity contribution in [1.29, 1.82) is 0 Å². The molecule has 1 heterocycles. The SMILES string of the molecule is O=CN1CCSN1. The summed E-state index contributed by atoms with van der Waals surface area (Å²) < 4.78 is 0. The summed E-state index contributed by atoms with van der Waals surface area (Å²) in [5, 5.41) is 1.52. The summed E-state index contributed by atoms with van der Waals surface area (Å²) >= 11 is 1.55. The fourth-order valence-corrected chi connectivity index (χ4v) is 1.07. The molecule has 0 unspecified atom stereocenters. The number of amides is 1. The molecule has 0 aliphatic carbocycles. The summed E-state index contributed by atoms with van der Waals surface area (Å²) in [5.74, 6) is 0.999. The molecule has 0 aromatic carbocycles. The van der Waals surface area contributed by atoms with E-state index in [0.29, 0.717) is 0 Å². The van der Waals surface area contributed by atoms with Crippen LogP contribution in [0.2, 0.25) is 0 Å². The van der Waals surface area contributed by atoms with Crippen molar-refractivity contribution in [3.05, 3.63) is 0 Å². The summed E-state index contributed by atoms with van der Waals surface area (Å²) in [5.41, 5.74) is 0. The summed E-state index contributed by atoms with van der Waals surface area (Å²) in [4.78, 5) is 12.6. The molecule has 1 fully saturated rings. The van der Waals surface area contributed by atoms with Gasteiger partial charge in [-0.15, -0.1) is 0 Å². The minimum atomic E-state index is 0.792. The van der Waals surface area contributed by atoms with Gasteiger partial charge in [0.25, 0.3) is 0 Å². The lowest BCUT2D eigenvalue weighted by molar-refractivity contribution is -0.118. The molecule has 40 valence electrons. The molecule has 1 aliphatic heterocycles. The molecule has 0 aromatic heterocycles. The number of carbonyl (C=O) groups excluding carboxylic acids is 1. The molecule has 7 heavy (non-hydrogen) atoms. The van der Waals surface area contributed by atoms with Crippen LogP contribution in [0.15, 0.2) is 0 Å². The predicted octanol–water partition coefficient (Wildman–Crippen LogP) is -0.389. The highest BCUT2D eigenvalue weighted by molar-refractivity contribution is 7.97. The van der Waals surface area contributed by atoms with Crippen LogP contribution in [0.25, 0.3) is 0 Å².